The summed E-state index contributed by atoms with van der Waals surface area (Å²) in [6, 6.07) is 6.70. The molecule has 0 saturated carbocycles. The number of carbonyl (C=O) groups excluding carboxylic acids is 1. The molecule has 16 heteroatoms. The second kappa shape index (κ2) is 11.4. The Morgan fingerprint density at radius 3 is 2.62 bits per heavy atom. The number of benzene rings is 1. The minimum absolute atomic E-state index is 0.0881. The summed E-state index contributed by atoms with van der Waals surface area (Å²) < 4.78 is 118. The summed E-state index contributed by atoms with van der Waals surface area (Å²) in [5, 5.41) is 3.55. The first kappa shape index (κ1) is 26.9. The van der Waals surface area contributed by atoms with Crippen molar-refractivity contribution in [3.8, 4) is 22.3 Å². The van der Waals surface area contributed by atoms with Gasteiger partial charge in [0.05, 0.1) is 28.7 Å². The Kier molecular flexibility index (Phi) is 7.31. The predicted molar refractivity (Wildman–Crippen MR) is 141 cm³/mol. The van der Waals surface area contributed by atoms with Crippen molar-refractivity contribution in [3.05, 3.63) is 76.7 Å². The highest BCUT2D eigenvalue weighted by Gasteiger charge is 2.49. The maximum absolute atomic E-state index is 16.2. The number of hydrogen-bond acceptors (Lipinski definition) is 8. The van der Waals surface area contributed by atoms with Gasteiger partial charge in [-0.1, -0.05) is 12.1 Å². The fourth-order valence-electron chi connectivity index (χ4n) is 3.88. The molecule has 0 amide bonds. The molecule has 0 spiro atoms. The second-order valence-corrected chi connectivity index (χ2v) is 10.4. The third kappa shape index (κ3) is 5.99. The van der Waals surface area contributed by atoms with E-state index in [1.54, 1.807) is 0 Å². The van der Waals surface area contributed by atoms with Crippen LogP contribution in [0.2, 0.25) is 0 Å². The Labute approximate surface area is 247 Å². The van der Waals surface area contributed by atoms with Crippen molar-refractivity contribution < 1.29 is 47.8 Å². The average molecular weight is 677 g/mol. The summed E-state index contributed by atoms with van der Waals surface area (Å²) in [6.45, 7) is -3.88. The SMILES string of the molecule is [2H]C([2H])(Oc1ccccc1C(F)(F)[C@@H](Oc1ncnc2sc(-c3ccc(F)o3)c(Br)c12)C(C)=O)c1ccnn1CC(F)(F)F. The van der Waals surface area contributed by atoms with Crippen molar-refractivity contribution in [2.24, 2.45) is 0 Å². The molecule has 0 bridgehead atoms. The molecule has 4 aromatic heterocycles. The number of aromatic nitrogens is 4. The van der Waals surface area contributed by atoms with Gasteiger partial charge in [-0.25, -0.2) is 9.97 Å². The minimum Gasteiger partial charge on any atom is -0.487 e. The normalized spacial score (nSPS) is 14.0. The summed E-state index contributed by atoms with van der Waals surface area (Å²) in [7, 11) is 0. The molecular weight excluding hydrogens is 658 g/mol. The zero-order valence-electron chi connectivity index (χ0n) is 23.0. The van der Waals surface area contributed by atoms with Crippen molar-refractivity contribution >= 4 is 43.3 Å². The third-order valence-corrected chi connectivity index (χ3v) is 7.85. The lowest BCUT2D eigenvalue weighted by atomic mass is 9.99. The van der Waals surface area contributed by atoms with Gasteiger partial charge < -0.3 is 13.9 Å². The van der Waals surface area contributed by atoms with Crippen LogP contribution in [0.15, 0.2) is 63.9 Å². The standard InChI is InChI=1S/C26H17BrF6N4O4S/c1-13(38)22(41-23-19-20(27)21(17-6-7-18(28)40-17)42-24(19)35-12-34-23)26(32,33)15-4-2-3-5-16(15)39-10-14-8-9-36-37(14)11-25(29,30)31/h2-9,12,22H,10-11H2,1H3/t22-/m0/s1/i10D2. The number of halogens is 7. The Hall–Kier alpha value is -3.92. The van der Waals surface area contributed by atoms with E-state index in [1.807, 2.05) is 0 Å². The number of para-hydroxylation sites is 1. The van der Waals surface area contributed by atoms with Crippen LogP contribution in [0.3, 0.4) is 0 Å². The Morgan fingerprint density at radius 2 is 1.93 bits per heavy atom. The summed E-state index contributed by atoms with van der Waals surface area (Å²) in [6.07, 6.45) is -5.38. The van der Waals surface area contributed by atoms with Crippen LogP contribution in [-0.4, -0.2) is 37.8 Å². The van der Waals surface area contributed by atoms with Gasteiger partial charge in [-0.05, 0) is 47.1 Å². The molecule has 1 aromatic carbocycles. The van der Waals surface area contributed by atoms with Crippen LogP contribution in [0.1, 0.15) is 20.9 Å². The van der Waals surface area contributed by atoms with E-state index in [4.69, 9.17) is 16.6 Å². The molecular formula is C26H17BrF6N4O4S. The fourth-order valence-corrected chi connectivity index (χ4v) is 5.79. The van der Waals surface area contributed by atoms with Gasteiger partial charge in [0, 0.05) is 12.3 Å². The Bertz CT molecular complexity index is 1840. The lowest BCUT2D eigenvalue weighted by Gasteiger charge is -2.27. The second-order valence-electron chi connectivity index (χ2n) is 8.63. The number of ether oxygens (including phenoxy) is 2. The maximum atomic E-state index is 16.2. The summed E-state index contributed by atoms with van der Waals surface area (Å²) >= 11 is 4.32. The van der Waals surface area contributed by atoms with Gasteiger partial charge >= 0.3 is 12.1 Å². The number of alkyl halides is 5. The molecule has 0 aliphatic rings. The number of rotatable bonds is 10. The van der Waals surface area contributed by atoms with Crippen molar-refractivity contribution in [1.29, 1.82) is 0 Å². The molecule has 220 valence electrons. The zero-order chi connectivity index (χ0) is 32.0. The first-order valence-electron chi connectivity index (χ1n) is 12.7. The lowest BCUT2D eigenvalue weighted by Crippen LogP contribution is -2.42. The van der Waals surface area contributed by atoms with Crippen LogP contribution < -0.4 is 9.47 Å². The van der Waals surface area contributed by atoms with Gasteiger partial charge in [-0.3, -0.25) is 9.48 Å². The monoisotopic (exact) mass is 676 g/mol. The number of nitrogens with zero attached hydrogens (tertiary/aromatic N) is 4. The average Bonchev–Trinajstić information content (AvgIpc) is 3.65. The topological polar surface area (TPSA) is 92.3 Å². The van der Waals surface area contributed by atoms with Crippen molar-refractivity contribution in [1.82, 2.24) is 19.7 Å². The van der Waals surface area contributed by atoms with Gasteiger partial charge in [0.2, 0.25) is 12.0 Å². The van der Waals surface area contributed by atoms with E-state index in [2.05, 4.69) is 31.0 Å². The van der Waals surface area contributed by atoms with E-state index < -0.39 is 66.0 Å². The predicted octanol–water partition coefficient (Wildman–Crippen LogP) is 7.32. The van der Waals surface area contributed by atoms with Gasteiger partial charge in [0.15, 0.2) is 5.78 Å². The van der Waals surface area contributed by atoms with Gasteiger partial charge in [0.25, 0.3) is 6.01 Å². The largest absolute Gasteiger partial charge is 0.487 e. The number of furan rings is 1. The number of ketones is 1. The summed E-state index contributed by atoms with van der Waals surface area (Å²) in [5.41, 5.74) is -1.68. The Morgan fingerprint density at radius 1 is 1.17 bits per heavy atom. The van der Waals surface area contributed by atoms with E-state index in [-0.39, 0.29) is 20.4 Å². The van der Waals surface area contributed by atoms with Crippen LogP contribution in [0.4, 0.5) is 26.3 Å². The molecule has 0 fully saturated rings. The minimum atomic E-state index is -4.76. The molecule has 1 atom stereocenters. The molecule has 42 heavy (non-hydrogen) atoms. The van der Waals surface area contributed by atoms with E-state index in [0.717, 1.165) is 55.1 Å². The molecule has 5 aromatic rings. The number of carbonyl (C=O) groups is 1. The van der Waals surface area contributed by atoms with Gasteiger partial charge in [-0.15, -0.1) is 11.3 Å². The van der Waals surface area contributed by atoms with E-state index in [9.17, 15) is 22.4 Å². The third-order valence-electron chi connectivity index (χ3n) is 5.68. The van der Waals surface area contributed by atoms with Crippen LogP contribution in [0, 0.1) is 6.01 Å². The first-order valence-corrected chi connectivity index (χ1v) is 13.3. The first-order chi connectivity index (χ1) is 20.6. The highest BCUT2D eigenvalue weighted by atomic mass is 79.9. The highest BCUT2D eigenvalue weighted by molar-refractivity contribution is 9.10. The molecule has 8 nitrogen and oxygen atoms in total. The number of hydrogen-bond donors (Lipinski definition) is 0. The van der Waals surface area contributed by atoms with Gasteiger partial charge in [0.1, 0.15) is 35.8 Å². The smallest absolute Gasteiger partial charge is 0.408 e. The number of fused-ring (bicyclic) bond motifs is 1. The van der Waals surface area contributed by atoms with Gasteiger partial charge in [-0.2, -0.15) is 31.4 Å². The van der Waals surface area contributed by atoms with E-state index >= 15 is 8.78 Å². The molecule has 0 saturated heterocycles. The molecule has 5 rings (SSSR count). The van der Waals surface area contributed by atoms with Crippen LogP contribution in [0.25, 0.3) is 20.9 Å². The van der Waals surface area contributed by atoms with Crippen molar-refractivity contribution in [2.75, 3.05) is 0 Å². The zero-order valence-corrected chi connectivity index (χ0v) is 23.4. The van der Waals surface area contributed by atoms with Crippen molar-refractivity contribution in [2.45, 2.75) is 38.2 Å². The lowest BCUT2D eigenvalue weighted by molar-refractivity contribution is -0.148. The Balaban J connectivity index is 1.51. The molecule has 0 radical (unpaired) electrons. The highest BCUT2D eigenvalue weighted by Crippen LogP contribution is 2.46. The molecule has 0 aliphatic heterocycles. The molecule has 4 heterocycles. The summed E-state index contributed by atoms with van der Waals surface area (Å²) in [4.78, 5) is 21.2. The van der Waals surface area contributed by atoms with E-state index in [1.165, 1.54) is 18.2 Å². The fraction of sp³-hybridized carbons (Fsp3) is 0.231. The van der Waals surface area contributed by atoms with Crippen LogP contribution in [0.5, 0.6) is 11.6 Å². The maximum Gasteiger partial charge on any atom is 0.408 e. The van der Waals surface area contributed by atoms with Crippen LogP contribution >= 0.6 is 27.3 Å². The van der Waals surface area contributed by atoms with Crippen molar-refractivity contribution in [3.63, 3.8) is 0 Å². The molecule has 0 aliphatic carbocycles. The van der Waals surface area contributed by atoms with Crippen LogP contribution in [-0.2, 0) is 23.8 Å². The molecule has 0 N–H and O–H groups in total. The number of thiophene rings is 1. The summed E-state index contributed by atoms with van der Waals surface area (Å²) in [5.74, 6) is -6.45. The molecule has 0 unspecified atom stereocenters. The van der Waals surface area contributed by atoms with E-state index in [0.29, 0.717) is 9.56 Å². The number of Topliss-reactive ketones (excluding diaryl/α,β-unsaturated/α-hetero) is 1. The quantitative estimate of drug-likeness (QED) is 0.143.